The summed E-state index contributed by atoms with van der Waals surface area (Å²) in [5, 5.41) is 20.3. The molecule has 2 N–H and O–H groups in total. The molecule has 0 aliphatic heterocycles. The van der Waals surface area contributed by atoms with Gasteiger partial charge in [-0.15, -0.1) is 0 Å². The Kier molecular flexibility index (Phi) is 3.77. The van der Waals surface area contributed by atoms with Crippen LogP contribution in [0.5, 0.6) is 5.75 Å². The predicted octanol–water partition coefficient (Wildman–Crippen LogP) is 0.971. The van der Waals surface area contributed by atoms with Crippen LogP contribution in [-0.4, -0.2) is 25.4 Å². The monoisotopic (exact) mass is 192 g/mol. The number of benzene rings is 1. The van der Waals surface area contributed by atoms with Gasteiger partial charge in [-0.3, -0.25) is 0 Å². The Bertz CT molecular complexity index is 344. The second-order valence-corrected chi connectivity index (χ2v) is 2.68. The molecule has 0 fully saturated rings. The van der Waals surface area contributed by atoms with Crippen molar-refractivity contribution < 1.29 is 9.84 Å². The number of nitrogens with zero attached hydrogens (tertiary/aromatic N) is 1. The summed E-state index contributed by atoms with van der Waals surface area (Å²) in [5.41, 5.74) is 1.33. The summed E-state index contributed by atoms with van der Waals surface area (Å²) >= 11 is 0. The van der Waals surface area contributed by atoms with Gasteiger partial charge >= 0.3 is 0 Å². The quantitative estimate of drug-likeness (QED) is 0.746. The minimum Gasteiger partial charge on any atom is -0.495 e. The average Bonchev–Trinajstić information content (AvgIpc) is 2.26. The highest BCUT2D eigenvalue weighted by molar-refractivity contribution is 5.59. The molecule has 4 nitrogen and oxygen atoms in total. The smallest absolute Gasteiger partial charge is 0.143 e. The molecule has 0 saturated carbocycles. The normalized spacial score (nSPS) is 9.21. The maximum absolute atomic E-state index is 8.66. The van der Waals surface area contributed by atoms with Gasteiger partial charge < -0.3 is 15.2 Å². The highest BCUT2D eigenvalue weighted by Crippen LogP contribution is 2.24. The van der Waals surface area contributed by atoms with Gasteiger partial charge in [-0.05, 0) is 12.1 Å². The number of methoxy groups -OCH3 is 1. The molecule has 1 aromatic rings. The van der Waals surface area contributed by atoms with Gasteiger partial charge in [-0.25, -0.2) is 0 Å². The number of anilines is 1. The van der Waals surface area contributed by atoms with Crippen molar-refractivity contribution in [1.29, 1.82) is 5.26 Å². The molecule has 74 valence electrons. The molecule has 4 heteroatoms. The molecule has 0 aliphatic carbocycles. The lowest BCUT2D eigenvalue weighted by Crippen LogP contribution is -2.06. The largest absolute Gasteiger partial charge is 0.495 e. The van der Waals surface area contributed by atoms with Gasteiger partial charge in [0, 0.05) is 12.6 Å². The summed E-state index contributed by atoms with van der Waals surface area (Å²) in [6, 6.07) is 7.13. The van der Waals surface area contributed by atoms with Gasteiger partial charge in [0.2, 0.25) is 0 Å². The molecule has 0 amide bonds. The third kappa shape index (κ3) is 2.38. The first kappa shape index (κ1) is 10.4. The van der Waals surface area contributed by atoms with Crippen LogP contribution in [-0.2, 0) is 0 Å². The summed E-state index contributed by atoms with van der Waals surface area (Å²) in [7, 11) is 1.54. The van der Waals surface area contributed by atoms with Crippen molar-refractivity contribution in [2.24, 2.45) is 0 Å². The Hall–Kier alpha value is -1.73. The Morgan fingerprint density at radius 1 is 1.57 bits per heavy atom. The van der Waals surface area contributed by atoms with E-state index >= 15 is 0 Å². The maximum Gasteiger partial charge on any atom is 0.143 e. The standard InChI is InChI=1S/C10H12N2O2/c1-14-10-6-8(7-11)2-3-9(10)12-4-5-13/h2-3,6,12-13H,4-5H2,1H3. The number of nitrogens with one attached hydrogen (secondary N) is 1. The molecular weight excluding hydrogens is 180 g/mol. The van der Waals surface area contributed by atoms with Crippen molar-refractivity contribution in [3.8, 4) is 11.8 Å². The van der Waals surface area contributed by atoms with Crippen molar-refractivity contribution in [2.75, 3.05) is 25.6 Å². The minimum absolute atomic E-state index is 0.0587. The van der Waals surface area contributed by atoms with Crippen LogP contribution in [0, 0.1) is 11.3 Å². The molecule has 14 heavy (non-hydrogen) atoms. The van der Waals surface area contributed by atoms with E-state index in [1.54, 1.807) is 25.3 Å². The summed E-state index contributed by atoms with van der Waals surface area (Å²) in [4.78, 5) is 0. The zero-order valence-electron chi connectivity index (χ0n) is 7.95. The highest BCUT2D eigenvalue weighted by Gasteiger charge is 2.02. The Morgan fingerprint density at radius 2 is 2.36 bits per heavy atom. The third-order valence-electron chi connectivity index (χ3n) is 1.76. The lowest BCUT2D eigenvalue weighted by atomic mass is 10.2. The molecular formula is C10H12N2O2. The van der Waals surface area contributed by atoms with Gasteiger partial charge in [0.05, 0.1) is 31.0 Å². The van der Waals surface area contributed by atoms with E-state index in [2.05, 4.69) is 5.32 Å². The Morgan fingerprint density at radius 3 is 2.93 bits per heavy atom. The topological polar surface area (TPSA) is 65.3 Å². The zero-order valence-corrected chi connectivity index (χ0v) is 7.95. The van der Waals surface area contributed by atoms with E-state index < -0.39 is 0 Å². The van der Waals surface area contributed by atoms with Crippen LogP contribution < -0.4 is 10.1 Å². The molecule has 0 spiro atoms. The molecule has 0 saturated heterocycles. The second-order valence-electron chi connectivity index (χ2n) is 2.68. The number of hydrogen-bond donors (Lipinski definition) is 2. The fourth-order valence-corrected chi connectivity index (χ4v) is 1.10. The Labute approximate surface area is 82.7 Å². The second kappa shape index (κ2) is 5.10. The van der Waals surface area contributed by atoms with Gasteiger partial charge in [0.15, 0.2) is 0 Å². The zero-order chi connectivity index (χ0) is 10.4. The molecule has 1 aromatic carbocycles. The van der Waals surface area contributed by atoms with Crippen molar-refractivity contribution in [1.82, 2.24) is 0 Å². The number of aliphatic hydroxyl groups excluding tert-OH is 1. The van der Waals surface area contributed by atoms with Crippen molar-refractivity contribution in [3.63, 3.8) is 0 Å². The summed E-state index contributed by atoms with van der Waals surface area (Å²) in [6.07, 6.45) is 0. The van der Waals surface area contributed by atoms with Gasteiger partial charge in [-0.2, -0.15) is 5.26 Å². The third-order valence-corrected chi connectivity index (χ3v) is 1.76. The van der Waals surface area contributed by atoms with Crippen LogP contribution in [0.3, 0.4) is 0 Å². The van der Waals surface area contributed by atoms with Crippen molar-refractivity contribution in [3.05, 3.63) is 23.8 Å². The molecule has 0 aliphatic rings. The number of ether oxygens (including phenoxy) is 1. The van der Waals surface area contributed by atoms with Crippen LogP contribution in [0.4, 0.5) is 5.69 Å². The van der Waals surface area contributed by atoms with E-state index in [-0.39, 0.29) is 6.61 Å². The lowest BCUT2D eigenvalue weighted by Gasteiger charge is -2.09. The van der Waals surface area contributed by atoms with E-state index in [1.165, 1.54) is 0 Å². The molecule has 0 aromatic heterocycles. The first-order valence-corrected chi connectivity index (χ1v) is 4.24. The summed E-state index contributed by atoms with van der Waals surface area (Å²) < 4.78 is 5.09. The Balaban J connectivity index is 2.89. The first-order valence-electron chi connectivity index (χ1n) is 4.24. The first-order chi connectivity index (χ1) is 6.81. The van der Waals surface area contributed by atoms with E-state index in [1.807, 2.05) is 6.07 Å². The van der Waals surface area contributed by atoms with Crippen LogP contribution >= 0.6 is 0 Å². The maximum atomic E-state index is 8.66. The molecule has 0 atom stereocenters. The molecule has 1 rings (SSSR count). The van der Waals surface area contributed by atoms with Crippen molar-refractivity contribution >= 4 is 5.69 Å². The fourth-order valence-electron chi connectivity index (χ4n) is 1.10. The minimum atomic E-state index is 0.0587. The summed E-state index contributed by atoms with van der Waals surface area (Å²) in [5.74, 6) is 0.609. The van der Waals surface area contributed by atoms with Crippen molar-refractivity contribution in [2.45, 2.75) is 0 Å². The van der Waals surface area contributed by atoms with E-state index in [9.17, 15) is 0 Å². The fraction of sp³-hybridized carbons (Fsp3) is 0.300. The van der Waals surface area contributed by atoms with Crippen LogP contribution in [0.2, 0.25) is 0 Å². The molecule has 0 bridgehead atoms. The van der Waals surface area contributed by atoms with Crippen LogP contribution in [0.15, 0.2) is 18.2 Å². The number of rotatable bonds is 4. The lowest BCUT2D eigenvalue weighted by molar-refractivity contribution is 0.311. The van der Waals surface area contributed by atoms with Gasteiger partial charge in [0.1, 0.15) is 5.75 Å². The molecule has 0 radical (unpaired) electrons. The number of aliphatic hydroxyl groups is 1. The average molecular weight is 192 g/mol. The predicted molar refractivity (Wildman–Crippen MR) is 53.3 cm³/mol. The highest BCUT2D eigenvalue weighted by atomic mass is 16.5. The number of nitriles is 1. The van der Waals surface area contributed by atoms with Crippen LogP contribution in [0.1, 0.15) is 5.56 Å². The molecule has 0 heterocycles. The van der Waals surface area contributed by atoms with Gasteiger partial charge in [0.25, 0.3) is 0 Å². The van der Waals surface area contributed by atoms with E-state index in [0.717, 1.165) is 5.69 Å². The SMILES string of the molecule is COc1cc(C#N)ccc1NCCO. The number of hydrogen-bond acceptors (Lipinski definition) is 4. The van der Waals surface area contributed by atoms with Gasteiger partial charge in [-0.1, -0.05) is 0 Å². The summed E-state index contributed by atoms with van der Waals surface area (Å²) in [6.45, 7) is 0.519. The van der Waals surface area contributed by atoms with Crippen LogP contribution in [0.25, 0.3) is 0 Å². The van der Waals surface area contributed by atoms with E-state index in [4.69, 9.17) is 15.1 Å². The molecule has 0 unspecified atom stereocenters. The van der Waals surface area contributed by atoms with E-state index in [0.29, 0.717) is 17.9 Å².